The van der Waals surface area contributed by atoms with E-state index in [0.29, 0.717) is 30.8 Å². The van der Waals surface area contributed by atoms with E-state index in [1.165, 1.54) is 44.9 Å². The number of nitrogens with zero attached hydrogens (tertiary/aromatic N) is 1. The Labute approximate surface area is 223 Å². The average molecular weight is 504 g/mol. The number of hydrogen-bond donors (Lipinski definition) is 0. The van der Waals surface area contributed by atoms with Crippen LogP contribution >= 0.6 is 0 Å². The molecule has 2 aromatic rings. The minimum Gasteiger partial charge on any atom is -0.465 e. The smallest absolute Gasteiger partial charge is 0.315 e. The van der Waals surface area contributed by atoms with Crippen molar-refractivity contribution in [1.82, 2.24) is 4.57 Å². The molecular formula is C33H45NO3. The van der Waals surface area contributed by atoms with E-state index in [9.17, 15) is 9.59 Å². The van der Waals surface area contributed by atoms with Crippen molar-refractivity contribution >= 4 is 11.8 Å². The maximum atomic E-state index is 12.8. The van der Waals surface area contributed by atoms with Crippen LogP contribution in [-0.4, -0.2) is 22.9 Å². The minimum atomic E-state index is -0.269. The van der Waals surface area contributed by atoms with Gasteiger partial charge in [0.1, 0.15) is 0 Å². The van der Waals surface area contributed by atoms with Crippen LogP contribution in [0.3, 0.4) is 0 Å². The van der Waals surface area contributed by atoms with Crippen molar-refractivity contribution in [3.63, 3.8) is 0 Å². The fraction of sp³-hybridized carbons (Fsp3) is 0.515. The summed E-state index contributed by atoms with van der Waals surface area (Å²) in [5.41, 5.74) is 2.22. The highest BCUT2D eigenvalue weighted by Crippen LogP contribution is 2.32. The van der Waals surface area contributed by atoms with Crippen molar-refractivity contribution in [3.05, 3.63) is 83.7 Å². The second-order valence-corrected chi connectivity index (χ2v) is 10.1. The maximum absolute atomic E-state index is 12.8. The van der Waals surface area contributed by atoms with E-state index in [2.05, 4.69) is 31.2 Å². The molecule has 4 heteroatoms. The lowest BCUT2D eigenvalue weighted by molar-refractivity contribution is -0.145. The molecule has 37 heavy (non-hydrogen) atoms. The Bertz CT molecular complexity index is 1000. The van der Waals surface area contributed by atoms with Crippen molar-refractivity contribution < 1.29 is 14.3 Å². The Balaban J connectivity index is 1.24. The number of hydrogen-bond acceptors (Lipinski definition) is 3. The topological polar surface area (TPSA) is 48.3 Å². The number of esters is 1. The molecule has 1 aliphatic heterocycles. The molecule has 0 unspecified atom stereocenters. The monoisotopic (exact) mass is 503 g/mol. The van der Waals surface area contributed by atoms with Crippen LogP contribution in [0.4, 0.5) is 0 Å². The molecule has 0 saturated heterocycles. The zero-order valence-corrected chi connectivity index (χ0v) is 22.7. The first-order valence-electron chi connectivity index (χ1n) is 14.5. The Kier molecular flexibility index (Phi) is 13.0. The van der Waals surface area contributed by atoms with E-state index < -0.39 is 0 Å². The van der Waals surface area contributed by atoms with Crippen LogP contribution in [0.15, 0.2) is 66.8 Å². The summed E-state index contributed by atoms with van der Waals surface area (Å²) in [6, 6.07) is 13.0. The summed E-state index contributed by atoms with van der Waals surface area (Å²) in [6.07, 6.45) is 24.3. The van der Waals surface area contributed by atoms with Gasteiger partial charge in [0.25, 0.3) is 0 Å². The van der Waals surface area contributed by atoms with Gasteiger partial charge >= 0.3 is 5.97 Å². The van der Waals surface area contributed by atoms with Gasteiger partial charge in [0.15, 0.2) is 0 Å². The molecule has 0 spiro atoms. The number of ether oxygens (including phenoxy) is 1. The summed E-state index contributed by atoms with van der Waals surface area (Å²) in [5, 5.41) is 0. The van der Waals surface area contributed by atoms with Crippen LogP contribution in [0.1, 0.15) is 118 Å². The first-order valence-corrected chi connectivity index (χ1v) is 14.5. The molecule has 4 nitrogen and oxygen atoms in total. The van der Waals surface area contributed by atoms with Crippen molar-refractivity contribution in [2.24, 2.45) is 0 Å². The van der Waals surface area contributed by atoms with Gasteiger partial charge < -0.3 is 9.30 Å². The summed E-state index contributed by atoms with van der Waals surface area (Å²) >= 11 is 0. The lowest BCUT2D eigenvalue weighted by Gasteiger charge is -2.10. The van der Waals surface area contributed by atoms with Crippen molar-refractivity contribution in [3.8, 4) is 0 Å². The van der Waals surface area contributed by atoms with Crippen LogP contribution in [0.25, 0.3) is 0 Å². The van der Waals surface area contributed by atoms with Gasteiger partial charge in [-0.25, -0.2) is 0 Å². The first-order chi connectivity index (χ1) is 18.2. The van der Waals surface area contributed by atoms with Crippen LogP contribution in [-0.2, 0) is 16.1 Å². The Morgan fingerprint density at radius 3 is 2.24 bits per heavy atom. The molecular weight excluding hydrogens is 458 g/mol. The number of fused-ring (bicyclic) bond motifs is 1. The van der Waals surface area contributed by atoms with Gasteiger partial charge in [0.2, 0.25) is 5.78 Å². The molecule has 2 heterocycles. The fourth-order valence-electron chi connectivity index (χ4n) is 4.98. The van der Waals surface area contributed by atoms with Gasteiger partial charge in [0.05, 0.1) is 18.2 Å². The average Bonchev–Trinajstić information content (AvgIpc) is 3.53. The van der Waals surface area contributed by atoms with Crippen molar-refractivity contribution in [2.75, 3.05) is 6.61 Å². The largest absolute Gasteiger partial charge is 0.465 e. The zero-order chi connectivity index (χ0) is 26.1. The minimum absolute atomic E-state index is 0.000828. The van der Waals surface area contributed by atoms with Gasteiger partial charge in [-0.2, -0.15) is 0 Å². The van der Waals surface area contributed by atoms with Gasteiger partial charge in [-0.15, -0.1) is 0 Å². The summed E-state index contributed by atoms with van der Waals surface area (Å²) in [7, 11) is 0. The number of rotatable bonds is 18. The zero-order valence-electron chi connectivity index (χ0n) is 22.7. The molecule has 0 amide bonds. The number of unbranched alkanes of at least 4 members (excludes halogenated alkanes) is 9. The Hall–Kier alpha value is -2.88. The highest BCUT2D eigenvalue weighted by Gasteiger charge is 2.32. The molecule has 1 aliphatic rings. The van der Waals surface area contributed by atoms with E-state index in [1.807, 2.05) is 47.0 Å². The molecule has 0 N–H and O–H groups in total. The maximum Gasteiger partial charge on any atom is 0.315 e. The van der Waals surface area contributed by atoms with Crippen molar-refractivity contribution in [2.45, 2.75) is 103 Å². The molecule has 1 aromatic carbocycles. The van der Waals surface area contributed by atoms with E-state index in [1.54, 1.807) is 0 Å². The van der Waals surface area contributed by atoms with Crippen LogP contribution < -0.4 is 0 Å². The van der Waals surface area contributed by atoms with E-state index in [-0.39, 0.29) is 17.7 Å². The van der Waals surface area contributed by atoms with Gasteiger partial charge in [-0.1, -0.05) is 93.7 Å². The number of ketones is 1. The van der Waals surface area contributed by atoms with E-state index >= 15 is 0 Å². The van der Waals surface area contributed by atoms with Gasteiger partial charge in [-0.3, -0.25) is 9.59 Å². The summed E-state index contributed by atoms with van der Waals surface area (Å²) in [4.78, 5) is 25.5. The van der Waals surface area contributed by atoms with Crippen molar-refractivity contribution in [1.29, 1.82) is 0 Å². The summed E-state index contributed by atoms with van der Waals surface area (Å²) in [5.74, 6) is -0.434. The normalized spacial score (nSPS) is 15.0. The third-order valence-electron chi connectivity index (χ3n) is 7.16. The predicted molar refractivity (Wildman–Crippen MR) is 152 cm³/mol. The molecule has 3 rings (SSSR count). The molecule has 1 atom stereocenters. The molecule has 0 bridgehead atoms. The van der Waals surface area contributed by atoms with Gasteiger partial charge in [0, 0.05) is 17.8 Å². The lowest BCUT2D eigenvalue weighted by atomic mass is 10.1. The Morgan fingerprint density at radius 1 is 0.838 bits per heavy atom. The number of allylic oxidation sites excluding steroid dienone is 4. The fourth-order valence-corrected chi connectivity index (χ4v) is 4.98. The SMILES string of the molecule is CCCCCCCC/C=C/C/C=C/CCCCCOC(=O)[C@@H]1CCn2c(C(=O)c3ccccc3)ccc21. The number of benzene rings is 1. The summed E-state index contributed by atoms with van der Waals surface area (Å²) in [6.45, 7) is 3.41. The second-order valence-electron chi connectivity index (χ2n) is 10.1. The molecule has 200 valence electrons. The second kappa shape index (κ2) is 16.8. The third-order valence-corrected chi connectivity index (χ3v) is 7.16. The predicted octanol–water partition coefficient (Wildman–Crippen LogP) is 8.56. The third kappa shape index (κ3) is 9.50. The van der Waals surface area contributed by atoms with Crippen LogP contribution in [0.5, 0.6) is 0 Å². The summed E-state index contributed by atoms with van der Waals surface area (Å²) < 4.78 is 7.58. The number of aromatic nitrogens is 1. The first kappa shape index (κ1) is 28.7. The molecule has 0 radical (unpaired) electrons. The standard InChI is InChI=1S/C33H45NO3/c1-2-3-4-5-6-7-8-9-10-11-12-13-14-15-16-20-27-37-33(36)29-25-26-34-30(29)23-24-31(34)32(35)28-21-18-17-19-22-28/h9-10,12-13,17-19,21-24,29H,2-8,11,14-16,20,25-27H2,1H3/b10-9+,13-12+/t29-/m1/s1. The molecule has 0 aliphatic carbocycles. The Morgan fingerprint density at radius 2 is 1.51 bits per heavy atom. The molecule has 1 aromatic heterocycles. The molecule has 0 fully saturated rings. The highest BCUT2D eigenvalue weighted by molar-refractivity contribution is 6.08. The number of carbonyl (C=O) groups excluding carboxylic acids is 2. The lowest BCUT2D eigenvalue weighted by Crippen LogP contribution is -2.14. The number of carbonyl (C=O) groups is 2. The van der Waals surface area contributed by atoms with Gasteiger partial charge in [-0.05, 0) is 63.5 Å². The van der Waals surface area contributed by atoms with E-state index in [4.69, 9.17) is 4.74 Å². The highest BCUT2D eigenvalue weighted by atomic mass is 16.5. The van der Waals surface area contributed by atoms with E-state index in [0.717, 1.165) is 37.8 Å². The molecule has 0 saturated carbocycles. The quantitative estimate of drug-likeness (QED) is 0.0886. The van der Waals surface area contributed by atoms with Crippen LogP contribution in [0, 0.1) is 0 Å². The van der Waals surface area contributed by atoms with Crippen LogP contribution in [0.2, 0.25) is 0 Å².